The van der Waals surface area contributed by atoms with Gasteiger partial charge < -0.3 is 14.7 Å². The molecule has 0 amide bonds. The van der Waals surface area contributed by atoms with Gasteiger partial charge in [0.05, 0.1) is 18.8 Å². The van der Waals surface area contributed by atoms with Crippen LogP contribution in [0.5, 0.6) is 0 Å². The molecular weight excluding hydrogens is 334 g/mol. The van der Waals surface area contributed by atoms with Gasteiger partial charge in [0.25, 0.3) is 0 Å². The highest BCUT2D eigenvalue weighted by atomic mass is 16.5. The molecule has 2 fully saturated rings. The second-order valence-electron chi connectivity index (χ2n) is 10.3. The van der Waals surface area contributed by atoms with E-state index in [4.69, 9.17) is 4.74 Å². The topological polar surface area (TPSA) is 32.7 Å². The molecule has 1 N–H and O–H groups in total. The number of aliphatic hydroxyl groups is 1. The lowest BCUT2D eigenvalue weighted by Gasteiger charge is -2.53. The normalized spacial score (nSPS) is 46.7. The van der Waals surface area contributed by atoms with Crippen LogP contribution in [-0.4, -0.2) is 41.9 Å². The summed E-state index contributed by atoms with van der Waals surface area (Å²) >= 11 is 0. The molecule has 1 aliphatic heterocycles. The van der Waals surface area contributed by atoms with Gasteiger partial charge >= 0.3 is 0 Å². The zero-order valence-electron chi connectivity index (χ0n) is 17.3. The minimum atomic E-state index is -0.513. The van der Waals surface area contributed by atoms with Crippen molar-refractivity contribution in [1.82, 2.24) is 4.90 Å². The van der Waals surface area contributed by atoms with Crippen LogP contribution < -0.4 is 0 Å². The third kappa shape index (κ3) is 2.47. The van der Waals surface area contributed by atoms with Crippen LogP contribution in [0.15, 0.2) is 35.1 Å². The summed E-state index contributed by atoms with van der Waals surface area (Å²) < 4.78 is 5.54. The van der Waals surface area contributed by atoms with Crippen molar-refractivity contribution in [2.45, 2.75) is 64.9 Å². The van der Waals surface area contributed by atoms with Gasteiger partial charge in [-0.25, -0.2) is 0 Å². The fourth-order valence-corrected chi connectivity index (χ4v) is 6.95. The SMILES string of the molecule is C[C@]12CCC(N3CCOCC3)=CC1=CCC1C2=CC[C@@]2(C)C1CC[C@]2(C)O. The average molecular weight is 370 g/mol. The molecule has 5 atom stereocenters. The first-order valence-electron chi connectivity index (χ1n) is 11.0. The van der Waals surface area contributed by atoms with Crippen LogP contribution in [-0.2, 0) is 4.74 Å². The van der Waals surface area contributed by atoms with E-state index in [1.807, 2.05) is 0 Å². The lowest BCUT2D eigenvalue weighted by Crippen LogP contribution is -2.49. The Morgan fingerprint density at radius 1 is 1.11 bits per heavy atom. The number of rotatable bonds is 1. The van der Waals surface area contributed by atoms with Crippen molar-refractivity contribution in [3.63, 3.8) is 0 Å². The van der Waals surface area contributed by atoms with Crippen molar-refractivity contribution in [2.24, 2.45) is 22.7 Å². The second-order valence-corrected chi connectivity index (χ2v) is 10.3. The third-order valence-electron chi connectivity index (χ3n) is 9.11. The first kappa shape index (κ1) is 18.0. The maximum Gasteiger partial charge on any atom is 0.0679 e. The number of nitrogens with zero attached hydrogens (tertiary/aromatic N) is 1. The van der Waals surface area contributed by atoms with Crippen LogP contribution in [0.25, 0.3) is 0 Å². The van der Waals surface area contributed by atoms with E-state index in [1.165, 1.54) is 25.0 Å². The average Bonchev–Trinajstić information content (AvgIpc) is 2.91. The van der Waals surface area contributed by atoms with Crippen molar-refractivity contribution in [1.29, 1.82) is 0 Å². The van der Waals surface area contributed by atoms with E-state index in [1.54, 1.807) is 11.1 Å². The van der Waals surface area contributed by atoms with E-state index in [-0.39, 0.29) is 10.8 Å². The molecule has 27 heavy (non-hydrogen) atoms. The summed E-state index contributed by atoms with van der Waals surface area (Å²) in [6.45, 7) is 10.7. The number of morpholine rings is 1. The van der Waals surface area contributed by atoms with Crippen molar-refractivity contribution < 1.29 is 9.84 Å². The van der Waals surface area contributed by atoms with Crippen molar-refractivity contribution in [3.05, 3.63) is 35.1 Å². The van der Waals surface area contributed by atoms with Gasteiger partial charge in [-0.2, -0.15) is 0 Å². The lowest BCUT2D eigenvalue weighted by molar-refractivity contribution is -0.0654. The van der Waals surface area contributed by atoms with Crippen LogP contribution in [0.2, 0.25) is 0 Å². The van der Waals surface area contributed by atoms with Gasteiger partial charge in [0.1, 0.15) is 0 Å². The summed E-state index contributed by atoms with van der Waals surface area (Å²) in [6, 6.07) is 0. The molecule has 0 radical (unpaired) electrons. The molecule has 4 aliphatic carbocycles. The minimum absolute atomic E-state index is 0.0480. The van der Waals surface area contributed by atoms with Crippen molar-refractivity contribution >= 4 is 0 Å². The van der Waals surface area contributed by atoms with Crippen molar-refractivity contribution in [3.8, 4) is 0 Å². The summed E-state index contributed by atoms with van der Waals surface area (Å²) in [5, 5.41) is 11.0. The van der Waals surface area contributed by atoms with E-state index in [2.05, 4.69) is 43.9 Å². The van der Waals surface area contributed by atoms with E-state index in [0.717, 1.165) is 45.6 Å². The van der Waals surface area contributed by atoms with E-state index >= 15 is 0 Å². The third-order valence-corrected chi connectivity index (χ3v) is 9.11. The summed E-state index contributed by atoms with van der Waals surface area (Å²) in [4.78, 5) is 2.54. The first-order valence-corrected chi connectivity index (χ1v) is 11.0. The number of hydrogen-bond acceptors (Lipinski definition) is 3. The second kappa shape index (κ2) is 5.97. The molecule has 1 saturated heterocycles. The van der Waals surface area contributed by atoms with Crippen LogP contribution in [0.1, 0.15) is 59.3 Å². The molecule has 0 aromatic rings. The number of ether oxygens (including phenoxy) is 1. The molecule has 0 aromatic heterocycles. The van der Waals surface area contributed by atoms with Crippen LogP contribution in [0.3, 0.4) is 0 Å². The molecule has 2 unspecified atom stereocenters. The Morgan fingerprint density at radius 2 is 1.89 bits per heavy atom. The molecule has 0 spiro atoms. The molecule has 0 aromatic carbocycles. The first-order chi connectivity index (χ1) is 12.9. The summed E-state index contributed by atoms with van der Waals surface area (Å²) in [6.07, 6.45) is 14.3. The Balaban J connectivity index is 1.47. The van der Waals surface area contributed by atoms with E-state index in [9.17, 15) is 5.11 Å². The maximum absolute atomic E-state index is 11.0. The Morgan fingerprint density at radius 3 is 2.67 bits per heavy atom. The molecule has 3 nitrogen and oxygen atoms in total. The minimum Gasteiger partial charge on any atom is -0.390 e. The molecule has 5 rings (SSSR count). The van der Waals surface area contributed by atoms with Gasteiger partial charge in [0, 0.05) is 29.6 Å². The smallest absolute Gasteiger partial charge is 0.0679 e. The van der Waals surface area contributed by atoms with Gasteiger partial charge in [0.2, 0.25) is 0 Å². The standard InChI is InChI=1S/C24H35NO2/c1-22-9-6-18(25-12-14-27-15-13-25)16-17(22)4-5-19-20(22)7-10-23(2)21(19)8-11-24(23,3)26/h4,7,16,19,21,26H,5-6,8-15H2,1-3H3/t19?,21?,22-,23-,24-/m0/s1. The van der Waals surface area contributed by atoms with Crippen molar-refractivity contribution in [2.75, 3.05) is 26.3 Å². The highest BCUT2D eigenvalue weighted by Crippen LogP contribution is 2.64. The fraction of sp³-hybridized carbons (Fsp3) is 0.750. The summed E-state index contributed by atoms with van der Waals surface area (Å²) in [7, 11) is 0. The predicted molar refractivity (Wildman–Crippen MR) is 108 cm³/mol. The Bertz CT molecular complexity index is 727. The molecule has 5 aliphatic rings. The predicted octanol–water partition coefficient (Wildman–Crippen LogP) is 4.45. The summed E-state index contributed by atoms with van der Waals surface area (Å²) in [5.41, 5.74) is 4.50. The maximum atomic E-state index is 11.0. The molecule has 3 heteroatoms. The molecule has 1 heterocycles. The van der Waals surface area contributed by atoms with Crippen LogP contribution >= 0.6 is 0 Å². The summed E-state index contributed by atoms with van der Waals surface area (Å²) in [5.74, 6) is 1.26. The largest absolute Gasteiger partial charge is 0.390 e. The molecule has 148 valence electrons. The van der Waals surface area contributed by atoms with Gasteiger partial charge in [-0.3, -0.25) is 0 Å². The van der Waals surface area contributed by atoms with E-state index in [0.29, 0.717) is 11.8 Å². The Hall–Kier alpha value is -1.06. The highest BCUT2D eigenvalue weighted by molar-refractivity contribution is 5.46. The van der Waals surface area contributed by atoms with Crippen LogP contribution in [0.4, 0.5) is 0 Å². The number of hydrogen-bond donors (Lipinski definition) is 1. The molecule has 1 saturated carbocycles. The van der Waals surface area contributed by atoms with Gasteiger partial charge in [0.15, 0.2) is 0 Å². The lowest BCUT2D eigenvalue weighted by atomic mass is 9.52. The number of allylic oxidation sites excluding steroid dienone is 6. The monoisotopic (exact) mass is 369 g/mol. The van der Waals surface area contributed by atoms with Crippen LogP contribution in [0, 0.1) is 22.7 Å². The Kier molecular flexibility index (Phi) is 3.98. The van der Waals surface area contributed by atoms with Gasteiger partial charge in [-0.1, -0.05) is 31.6 Å². The zero-order valence-corrected chi connectivity index (χ0v) is 17.3. The van der Waals surface area contributed by atoms with Gasteiger partial charge in [-0.15, -0.1) is 0 Å². The quantitative estimate of drug-likeness (QED) is 0.693. The van der Waals surface area contributed by atoms with Gasteiger partial charge in [-0.05, 0) is 68.9 Å². The number of fused-ring (bicyclic) bond motifs is 5. The van der Waals surface area contributed by atoms with E-state index < -0.39 is 5.60 Å². The highest BCUT2D eigenvalue weighted by Gasteiger charge is 2.59. The zero-order chi connectivity index (χ0) is 18.9. The fourth-order valence-electron chi connectivity index (χ4n) is 6.95. The molecular formula is C24H35NO2. The Labute approximate surface area is 164 Å². The molecule has 0 bridgehead atoms.